The number of nitrogens with zero attached hydrogens (tertiary/aromatic N) is 1. The Morgan fingerprint density at radius 1 is 1.29 bits per heavy atom. The van der Waals surface area contributed by atoms with E-state index in [0.29, 0.717) is 11.0 Å². The van der Waals surface area contributed by atoms with E-state index in [0.717, 1.165) is 11.8 Å². The van der Waals surface area contributed by atoms with E-state index in [1.807, 2.05) is 37.3 Å². The van der Waals surface area contributed by atoms with E-state index in [1.54, 1.807) is 12.1 Å². The highest BCUT2D eigenvalue weighted by atomic mass is 16.1. The molecule has 0 aliphatic rings. The van der Waals surface area contributed by atoms with Gasteiger partial charge in [0.2, 0.25) is 0 Å². The van der Waals surface area contributed by atoms with Gasteiger partial charge in [0.05, 0.1) is 0 Å². The zero-order valence-corrected chi connectivity index (χ0v) is 8.40. The minimum absolute atomic E-state index is 0.606. The molecule has 1 aromatic rings. The number of hydrogen-bond acceptors (Lipinski definition) is 2. The van der Waals surface area contributed by atoms with Crippen LogP contribution in [0.2, 0.25) is 0 Å². The van der Waals surface area contributed by atoms with E-state index < -0.39 is 0 Å². The van der Waals surface area contributed by atoms with Crippen LogP contribution in [0.25, 0.3) is 6.08 Å². The SMILES string of the molecule is [B]c1ccc(/C=C\N(C)C)c(C=O)c1. The van der Waals surface area contributed by atoms with Crippen molar-refractivity contribution in [1.29, 1.82) is 0 Å². The van der Waals surface area contributed by atoms with Gasteiger partial charge < -0.3 is 4.90 Å². The summed E-state index contributed by atoms with van der Waals surface area (Å²) in [6, 6.07) is 5.28. The smallest absolute Gasteiger partial charge is 0.150 e. The Hall–Kier alpha value is -1.51. The number of aldehydes is 1. The molecule has 0 fully saturated rings. The molecule has 0 atom stereocenters. The lowest BCUT2D eigenvalue weighted by Crippen LogP contribution is -2.04. The highest BCUT2D eigenvalue weighted by Crippen LogP contribution is 2.06. The lowest BCUT2D eigenvalue weighted by molar-refractivity contribution is 0.112. The van der Waals surface area contributed by atoms with Gasteiger partial charge in [-0.25, -0.2) is 0 Å². The summed E-state index contributed by atoms with van der Waals surface area (Å²) in [5.41, 5.74) is 2.10. The number of benzene rings is 1. The quantitative estimate of drug-likeness (QED) is 0.513. The predicted octanol–water partition coefficient (Wildman–Crippen LogP) is 0.825. The van der Waals surface area contributed by atoms with Gasteiger partial charge in [0.15, 0.2) is 6.29 Å². The molecule has 0 aliphatic heterocycles. The van der Waals surface area contributed by atoms with Gasteiger partial charge in [-0.2, -0.15) is 0 Å². The summed E-state index contributed by atoms with van der Waals surface area (Å²) in [5, 5.41) is 0. The van der Waals surface area contributed by atoms with Crippen LogP contribution in [0.3, 0.4) is 0 Å². The predicted molar refractivity (Wildman–Crippen MR) is 59.9 cm³/mol. The second kappa shape index (κ2) is 4.65. The zero-order valence-electron chi connectivity index (χ0n) is 8.40. The van der Waals surface area contributed by atoms with Crippen LogP contribution >= 0.6 is 0 Å². The Bertz CT molecular complexity index is 358. The molecule has 0 aromatic heterocycles. The minimum Gasteiger partial charge on any atom is -0.383 e. The van der Waals surface area contributed by atoms with E-state index in [-0.39, 0.29) is 0 Å². The monoisotopic (exact) mass is 185 g/mol. The molecule has 0 saturated carbocycles. The first kappa shape index (κ1) is 10.6. The maximum atomic E-state index is 10.7. The van der Waals surface area contributed by atoms with Crippen molar-refractivity contribution >= 4 is 25.7 Å². The molecule has 2 nitrogen and oxygen atoms in total. The van der Waals surface area contributed by atoms with Crippen LogP contribution in [0, 0.1) is 0 Å². The van der Waals surface area contributed by atoms with Crippen LogP contribution in [0.4, 0.5) is 0 Å². The molecule has 0 heterocycles. The molecular weight excluding hydrogens is 173 g/mol. The molecule has 0 bridgehead atoms. The van der Waals surface area contributed by atoms with Crippen molar-refractivity contribution in [3.63, 3.8) is 0 Å². The molecular formula is C11H12BNO. The van der Waals surface area contributed by atoms with E-state index in [1.165, 1.54) is 0 Å². The number of carbonyl (C=O) groups is 1. The Kier molecular flexibility index (Phi) is 3.51. The third-order valence-corrected chi connectivity index (χ3v) is 1.79. The lowest BCUT2D eigenvalue weighted by Gasteiger charge is -2.05. The molecule has 0 aliphatic carbocycles. The van der Waals surface area contributed by atoms with Gasteiger partial charge in [-0.15, -0.1) is 0 Å². The Labute approximate surface area is 85.6 Å². The van der Waals surface area contributed by atoms with Crippen molar-refractivity contribution in [1.82, 2.24) is 4.90 Å². The van der Waals surface area contributed by atoms with E-state index in [4.69, 9.17) is 7.85 Å². The molecule has 0 spiro atoms. The summed E-state index contributed by atoms with van der Waals surface area (Å²) < 4.78 is 0. The van der Waals surface area contributed by atoms with Crippen molar-refractivity contribution < 1.29 is 4.79 Å². The molecule has 0 amide bonds. The summed E-state index contributed by atoms with van der Waals surface area (Å²) in [4.78, 5) is 12.6. The topological polar surface area (TPSA) is 20.3 Å². The van der Waals surface area contributed by atoms with Crippen LogP contribution < -0.4 is 5.46 Å². The number of rotatable bonds is 3. The van der Waals surface area contributed by atoms with E-state index in [2.05, 4.69) is 0 Å². The first-order valence-electron chi connectivity index (χ1n) is 4.33. The molecule has 2 radical (unpaired) electrons. The van der Waals surface area contributed by atoms with Crippen LogP contribution in [-0.4, -0.2) is 33.1 Å². The van der Waals surface area contributed by atoms with Crippen molar-refractivity contribution in [2.75, 3.05) is 14.1 Å². The average Bonchev–Trinajstić information content (AvgIpc) is 2.15. The van der Waals surface area contributed by atoms with Crippen molar-refractivity contribution in [2.24, 2.45) is 0 Å². The zero-order chi connectivity index (χ0) is 10.6. The highest BCUT2D eigenvalue weighted by Gasteiger charge is 1.97. The summed E-state index contributed by atoms with van der Waals surface area (Å²) in [5.74, 6) is 0. The summed E-state index contributed by atoms with van der Waals surface area (Å²) in [6.07, 6.45) is 4.58. The van der Waals surface area contributed by atoms with Crippen LogP contribution in [0.15, 0.2) is 24.4 Å². The minimum atomic E-state index is 0.606. The Morgan fingerprint density at radius 2 is 2.00 bits per heavy atom. The Morgan fingerprint density at radius 3 is 2.57 bits per heavy atom. The summed E-state index contributed by atoms with van der Waals surface area (Å²) >= 11 is 0. The van der Waals surface area contributed by atoms with Crippen LogP contribution in [-0.2, 0) is 0 Å². The molecule has 14 heavy (non-hydrogen) atoms. The summed E-state index contributed by atoms with van der Waals surface area (Å²) in [7, 11) is 9.42. The third-order valence-electron chi connectivity index (χ3n) is 1.79. The molecule has 0 unspecified atom stereocenters. The van der Waals surface area contributed by atoms with Gasteiger partial charge in [-0.1, -0.05) is 23.7 Å². The van der Waals surface area contributed by atoms with E-state index in [9.17, 15) is 4.79 Å². The van der Waals surface area contributed by atoms with Crippen molar-refractivity contribution in [3.05, 3.63) is 35.5 Å². The van der Waals surface area contributed by atoms with Gasteiger partial charge in [-0.3, -0.25) is 4.79 Å². The average molecular weight is 185 g/mol. The molecule has 1 aromatic carbocycles. The number of hydrogen-bond donors (Lipinski definition) is 0. The van der Waals surface area contributed by atoms with Gasteiger partial charge in [0.1, 0.15) is 7.85 Å². The second-order valence-electron chi connectivity index (χ2n) is 3.29. The third kappa shape index (κ3) is 2.77. The standard InChI is InChI=1S/C11H12BNO/c1-13(2)6-5-9-3-4-11(12)7-10(9)8-14/h3-8H,1-2H3/b6-5-. The van der Waals surface area contributed by atoms with Crippen LogP contribution in [0.1, 0.15) is 15.9 Å². The second-order valence-corrected chi connectivity index (χ2v) is 3.29. The molecule has 0 saturated heterocycles. The first-order chi connectivity index (χ1) is 6.63. The van der Waals surface area contributed by atoms with Gasteiger partial charge in [0, 0.05) is 19.7 Å². The van der Waals surface area contributed by atoms with Gasteiger partial charge >= 0.3 is 0 Å². The fourth-order valence-electron chi connectivity index (χ4n) is 1.08. The fraction of sp³-hybridized carbons (Fsp3) is 0.182. The van der Waals surface area contributed by atoms with Crippen molar-refractivity contribution in [3.8, 4) is 0 Å². The Balaban J connectivity index is 3.02. The summed E-state index contributed by atoms with van der Waals surface area (Å²) in [6.45, 7) is 0. The first-order valence-corrected chi connectivity index (χ1v) is 4.33. The molecule has 70 valence electrons. The molecule has 1 rings (SSSR count). The van der Waals surface area contributed by atoms with E-state index >= 15 is 0 Å². The lowest BCUT2D eigenvalue weighted by atomic mass is 9.92. The molecule has 3 heteroatoms. The highest BCUT2D eigenvalue weighted by molar-refractivity contribution is 6.32. The normalized spacial score (nSPS) is 10.4. The van der Waals surface area contributed by atoms with Gasteiger partial charge in [-0.05, 0) is 17.8 Å². The molecule has 0 N–H and O–H groups in total. The number of carbonyl (C=O) groups excluding carboxylic acids is 1. The fourth-order valence-corrected chi connectivity index (χ4v) is 1.08. The van der Waals surface area contributed by atoms with Crippen molar-refractivity contribution in [2.45, 2.75) is 0 Å². The maximum absolute atomic E-state index is 10.7. The largest absolute Gasteiger partial charge is 0.383 e. The van der Waals surface area contributed by atoms with Gasteiger partial charge in [0.25, 0.3) is 0 Å². The maximum Gasteiger partial charge on any atom is 0.150 e. The van der Waals surface area contributed by atoms with Crippen LogP contribution in [0.5, 0.6) is 0 Å².